The van der Waals surface area contributed by atoms with Crippen LogP contribution < -0.4 is 5.32 Å². The van der Waals surface area contributed by atoms with Crippen LogP contribution in [0, 0.1) is 5.92 Å². The Kier molecular flexibility index (Phi) is 5.06. The van der Waals surface area contributed by atoms with E-state index in [1.807, 2.05) is 24.3 Å². The molecule has 0 aliphatic heterocycles. The predicted molar refractivity (Wildman–Crippen MR) is 85.6 cm³/mol. The Balaban J connectivity index is 1.29. The molecular weight excluding hydrogens is 278 g/mol. The second-order valence-corrected chi connectivity index (χ2v) is 5.92. The van der Waals surface area contributed by atoms with Gasteiger partial charge in [-0.2, -0.15) is 0 Å². The van der Waals surface area contributed by atoms with Crippen LogP contribution in [0.15, 0.2) is 24.3 Å². The summed E-state index contributed by atoms with van der Waals surface area (Å²) in [6.07, 6.45) is 4.61. The molecule has 1 aliphatic carbocycles. The summed E-state index contributed by atoms with van der Waals surface area (Å²) in [5.74, 6) is 1.74. The molecule has 1 fully saturated rings. The summed E-state index contributed by atoms with van der Waals surface area (Å²) in [5, 5.41) is 2.93. The van der Waals surface area contributed by atoms with Crippen molar-refractivity contribution in [3.05, 3.63) is 30.1 Å². The molecule has 1 aromatic carbocycles. The van der Waals surface area contributed by atoms with E-state index in [2.05, 4.69) is 15.3 Å². The van der Waals surface area contributed by atoms with Gasteiger partial charge in [0.2, 0.25) is 5.91 Å². The lowest BCUT2D eigenvalue weighted by Gasteiger charge is -2.05. The molecule has 22 heavy (non-hydrogen) atoms. The number of nitrogens with zero attached hydrogens (tertiary/aromatic N) is 1. The minimum atomic E-state index is 0.0719. The number of aromatic amines is 1. The van der Waals surface area contributed by atoms with E-state index in [-0.39, 0.29) is 5.91 Å². The summed E-state index contributed by atoms with van der Waals surface area (Å²) in [7, 11) is 0. The molecule has 1 amide bonds. The minimum absolute atomic E-state index is 0.0719. The number of ether oxygens (including phenoxy) is 1. The Morgan fingerprint density at radius 2 is 2.23 bits per heavy atom. The number of benzene rings is 1. The van der Waals surface area contributed by atoms with Crippen LogP contribution in [0.1, 0.15) is 31.5 Å². The van der Waals surface area contributed by atoms with Gasteiger partial charge in [-0.25, -0.2) is 4.98 Å². The van der Waals surface area contributed by atoms with E-state index in [1.165, 1.54) is 12.8 Å². The van der Waals surface area contributed by atoms with Gasteiger partial charge in [0.15, 0.2) is 0 Å². The van der Waals surface area contributed by atoms with Crippen molar-refractivity contribution in [2.45, 2.75) is 32.1 Å². The Labute approximate surface area is 130 Å². The molecule has 0 bridgehead atoms. The highest BCUT2D eigenvalue weighted by Gasteiger charge is 2.20. The van der Waals surface area contributed by atoms with Crippen molar-refractivity contribution in [3.63, 3.8) is 0 Å². The lowest BCUT2D eigenvalue weighted by atomic mass is 10.3. The van der Waals surface area contributed by atoms with Crippen molar-refractivity contribution in [1.82, 2.24) is 15.3 Å². The van der Waals surface area contributed by atoms with Crippen LogP contribution in [0.5, 0.6) is 0 Å². The lowest BCUT2D eigenvalue weighted by Crippen LogP contribution is -2.25. The molecule has 0 radical (unpaired) electrons. The summed E-state index contributed by atoms with van der Waals surface area (Å²) < 4.78 is 5.54. The van der Waals surface area contributed by atoms with Crippen LogP contribution in [-0.4, -0.2) is 35.6 Å². The van der Waals surface area contributed by atoms with E-state index < -0.39 is 0 Å². The van der Waals surface area contributed by atoms with Crippen LogP contribution in [0.3, 0.4) is 0 Å². The highest BCUT2D eigenvalue weighted by molar-refractivity contribution is 5.77. The number of para-hydroxylation sites is 2. The topological polar surface area (TPSA) is 67.0 Å². The van der Waals surface area contributed by atoms with Gasteiger partial charge in [-0.15, -0.1) is 0 Å². The van der Waals surface area contributed by atoms with E-state index in [4.69, 9.17) is 4.74 Å². The van der Waals surface area contributed by atoms with Gasteiger partial charge in [0.1, 0.15) is 5.82 Å². The van der Waals surface area contributed by atoms with Gasteiger partial charge in [-0.1, -0.05) is 12.1 Å². The van der Waals surface area contributed by atoms with Crippen molar-refractivity contribution in [2.75, 3.05) is 19.8 Å². The van der Waals surface area contributed by atoms with Crippen LogP contribution >= 0.6 is 0 Å². The first-order valence-corrected chi connectivity index (χ1v) is 8.09. The molecule has 2 N–H and O–H groups in total. The number of hydrogen-bond donors (Lipinski definition) is 2. The summed E-state index contributed by atoms with van der Waals surface area (Å²) in [6.45, 7) is 2.31. The van der Waals surface area contributed by atoms with Gasteiger partial charge in [0.25, 0.3) is 0 Å². The predicted octanol–water partition coefficient (Wildman–Crippen LogP) is 2.43. The number of hydrogen-bond acceptors (Lipinski definition) is 3. The van der Waals surface area contributed by atoms with E-state index in [0.29, 0.717) is 19.4 Å². The third-order valence-electron chi connectivity index (χ3n) is 3.87. The van der Waals surface area contributed by atoms with E-state index in [9.17, 15) is 4.79 Å². The third kappa shape index (κ3) is 4.56. The molecule has 1 saturated carbocycles. The Hall–Kier alpha value is -1.88. The lowest BCUT2D eigenvalue weighted by molar-refractivity contribution is -0.121. The van der Waals surface area contributed by atoms with E-state index in [1.54, 1.807) is 0 Å². The van der Waals surface area contributed by atoms with Gasteiger partial charge < -0.3 is 15.0 Å². The second kappa shape index (κ2) is 7.40. The molecule has 1 aromatic heterocycles. The number of carbonyl (C=O) groups is 1. The summed E-state index contributed by atoms with van der Waals surface area (Å²) in [4.78, 5) is 19.5. The molecule has 118 valence electrons. The number of fused-ring (bicyclic) bond motifs is 1. The van der Waals surface area contributed by atoms with Gasteiger partial charge in [0, 0.05) is 32.6 Å². The van der Waals surface area contributed by atoms with Gasteiger partial charge in [-0.05, 0) is 37.3 Å². The first kappa shape index (κ1) is 15.0. The van der Waals surface area contributed by atoms with Gasteiger partial charge >= 0.3 is 0 Å². The molecule has 0 spiro atoms. The highest BCUT2D eigenvalue weighted by atomic mass is 16.5. The Bertz CT molecular complexity index is 586. The summed E-state index contributed by atoms with van der Waals surface area (Å²) in [5.41, 5.74) is 1.97. The zero-order chi connectivity index (χ0) is 15.2. The fraction of sp³-hybridized carbons (Fsp3) is 0.529. The van der Waals surface area contributed by atoms with E-state index in [0.717, 1.165) is 42.4 Å². The van der Waals surface area contributed by atoms with Crippen molar-refractivity contribution < 1.29 is 9.53 Å². The molecule has 5 nitrogen and oxygen atoms in total. The quantitative estimate of drug-likeness (QED) is 0.699. The SMILES string of the molecule is O=C(CCc1nc2ccccc2[nH]1)NCCCOCC1CC1. The summed E-state index contributed by atoms with van der Waals surface area (Å²) in [6, 6.07) is 7.90. The molecule has 5 heteroatoms. The van der Waals surface area contributed by atoms with Gasteiger partial charge in [0.05, 0.1) is 11.0 Å². The Morgan fingerprint density at radius 1 is 1.36 bits per heavy atom. The maximum Gasteiger partial charge on any atom is 0.220 e. The average molecular weight is 301 g/mol. The number of amides is 1. The van der Waals surface area contributed by atoms with E-state index >= 15 is 0 Å². The average Bonchev–Trinajstić information content (AvgIpc) is 3.25. The largest absolute Gasteiger partial charge is 0.381 e. The second-order valence-electron chi connectivity index (χ2n) is 5.92. The maximum atomic E-state index is 11.8. The summed E-state index contributed by atoms with van der Waals surface area (Å²) >= 11 is 0. The zero-order valence-electron chi connectivity index (χ0n) is 12.8. The van der Waals surface area contributed by atoms with Crippen molar-refractivity contribution in [2.24, 2.45) is 5.92 Å². The van der Waals surface area contributed by atoms with Crippen LogP contribution in [0.4, 0.5) is 0 Å². The van der Waals surface area contributed by atoms with Crippen LogP contribution in [0.25, 0.3) is 11.0 Å². The molecule has 0 unspecified atom stereocenters. The first-order chi connectivity index (χ1) is 10.8. The minimum Gasteiger partial charge on any atom is -0.381 e. The number of aryl methyl sites for hydroxylation is 1. The number of imidazole rings is 1. The first-order valence-electron chi connectivity index (χ1n) is 8.09. The molecule has 0 saturated heterocycles. The van der Waals surface area contributed by atoms with Crippen molar-refractivity contribution in [3.8, 4) is 0 Å². The standard InChI is InChI=1S/C17H23N3O2/c21-17(18-10-3-11-22-12-13-6-7-13)9-8-16-19-14-4-1-2-5-15(14)20-16/h1-2,4-5,13H,3,6-12H2,(H,18,21)(H,19,20). The number of carbonyl (C=O) groups excluding carboxylic acids is 1. The fourth-order valence-corrected chi connectivity index (χ4v) is 2.38. The normalized spacial score (nSPS) is 14.4. The smallest absolute Gasteiger partial charge is 0.220 e. The molecule has 3 rings (SSSR count). The number of H-pyrrole nitrogens is 1. The fourth-order valence-electron chi connectivity index (χ4n) is 2.38. The van der Waals surface area contributed by atoms with Crippen LogP contribution in [0.2, 0.25) is 0 Å². The number of nitrogens with one attached hydrogen (secondary N) is 2. The maximum absolute atomic E-state index is 11.8. The number of rotatable bonds is 9. The zero-order valence-corrected chi connectivity index (χ0v) is 12.8. The monoisotopic (exact) mass is 301 g/mol. The molecule has 1 heterocycles. The number of aromatic nitrogens is 2. The Morgan fingerprint density at radius 3 is 3.05 bits per heavy atom. The van der Waals surface area contributed by atoms with Gasteiger partial charge in [-0.3, -0.25) is 4.79 Å². The molecule has 2 aromatic rings. The third-order valence-corrected chi connectivity index (χ3v) is 3.87. The van der Waals surface area contributed by atoms with Crippen LogP contribution in [-0.2, 0) is 16.0 Å². The van der Waals surface area contributed by atoms with Crippen molar-refractivity contribution in [1.29, 1.82) is 0 Å². The molecule has 1 aliphatic rings. The molecular formula is C17H23N3O2. The molecule has 0 atom stereocenters. The van der Waals surface area contributed by atoms with Crippen molar-refractivity contribution >= 4 is 16.9 Å². The highest BCUT2D eigenvalue weighted by Crippen LogP contribution is 2.28.